The molecule has 0 aromatic carbocycles. The second kappa shape index (κ2) is 4.27. The summed E-state index contributed by atoms with van der Waals surface area (Å²) in [6.45, 7) is 12.8. The Labute approximate surface area is 77.9 Å². The predicted molar refractivity (Wildman–Crippen MR) is 56.4 cm³/mol. The highest BCUT2D eigenvalue weighted by atomic mass is 14.8. The second-order valence-corrected chi connectivity index (χ2v) is 5.02. The second-order valence-electron chi connectivity index (χ2n) is 5.02. The Morgan fingerprint density at radius 3 is 1.83 bits per heavy atom. The zero-order valence-corrected chi connectivity index (χ0v) is 9.62. The van der Waals surface area contributed by atoms with E-state index in [4.69, 9.17) is 0 Å². The van der Waals surface area contributed by atoms with E-state index in [1.165, 1.54) is 12.8 Å². The minimum Gasteiger partial charge on any atom is -0.320 e. The maximum absolute atomic E-state index is 3.23. The maximum Gasteiger partial charge on any atom is -0.00465 e. The number of nitrogens with one attached hydrogen (secondary N) is 1. The van der Waals surface area contributed by atoms with E-state index in [1.807, 2.05) is 7.05 Å². The SMILES string of the molecule is CCC(C)(CCNC)C(C)(C)C. The lowest BCUT2D eigenvalue weighted by Crippen LogP contribution is -2.34. The molecular weight excluding hydrogens is 146 g/mol. The monoisotopic (exact) mass is 171 g/mol. The van der Waals surface area contributed by atoms with E-state index in [0.717, 1.165) is 6.54 Å². The van der Waals surface area contributed by atoms with Crippen LogP contribution < -0.4 is 5.32 Å². The molecule has 12 heavy (non-hydrogen) atoms. The summed E-state index contributed by atoms with van der Waals surface area (Å²) in [4.78, 5) is 0. The Kier molecular flexibility index (Phi) is 4.25. The topological polar surface area (TPSA) is 12.0 Å². The van der Waals surface area contributed by atoms with E-state index in [-0.39, 0.29) is 0 Å². The highest BCUT2D eigenvalue weighted by molar-refractivity contribution is 4.85. The van der Waals surface area contributed by atoms with E-state index in [1.54, 1.807) is 0 Å². The van der Waals surface area contributed by atoms with Crippen molar-refractivity contribution in [2.45, 2.75) is 47.5 Å². The third kappa shape index (κ3) is 2.78. The average Bonchev–Trinajstić information content (AvgIpc) is 1.98. The minimum absolute atomic E-state index is 0.415. The van der Waals surface area contributed by atoms with E-state index < -0.39 is 0 Å². The Morgan fingerprint density at radius 1 is 1.08 bits per heavy atom. The fraction of sp³-hybridized carbons (Fsp3) is 1.00. The lowest BCUT2D eigenvalue weighted by molar-refractivity contribution is 0.0918. The van der Waals surface area contributed by atoms with Gasteiger partial charge in [0.1, 0.15) is 0 Å². The van der Waals surface area contributed by atoms with Crippen molar-refractivity contribution in [2.24, 2.45) is 10.8 Å². The Balaban J connectivity index is 4.24. The fourth-order valence-corrected chi connectivity index (χ4v) is 1.48. The molecule has 0 aromatic heterocycles. The largest absolute Gasteiger partial charge is 0.320 e. The summed E-state index contributed by atoms with van der Waals surface area (Å²) in [5, 5.41) is 3.23. The van der Waals surface area contributed by atoms with Crippen molar-refractivity contribution in [2.75, 3.05) is 13.6 Å². The molecule has 1 heteroatoms. The molecule has 0 fully saturated rings. The molecule has 0 radical (unpaired) electrons. The van der Waals surface area contributed by atoms with Gasteiger partial charge in [0.15, 0.2) is 0 Å². The summed E-state index contributed by atoms with van der Waals surface area (Å²) in [7, 11) is 2.03. The molecule has 0 saturated heterocycles. The molecule has 0 aliphatic heterocycles. The van der Waals surface area contributed by atoms with Gasteiger partial charge in [-0.1, -0.05) is 41.0 Å². The van der Waals surface area contributed by atoms with Gasteiger partial charge >= 0.3 is 0 Å². The minimum atomic E-state index is 0.415. The highest BCUT2D eigenvalue weighted by Gasteiger charge is 2.34. The van der Waals surface area contributed by atoms with Crippen molar-refractivity contribution in [3.8, 4) is 0 Å². The zero-order chi connectivity index (χ0) is 9.83. The van der Waals surface area contributed by atoms with Gasteiger partial charge in [0.05, 0.1) is 0 Å². The van der Waals surface area contributed by atoms with Crippen molar-refractivity contribution in [3.05, 3.63) is 0 Å². The standard InChI is InChI=1S/C11H25N/c1-7-11(5,8-9-12-6)10(2,3)4/h12H,7-9H2,1-6H3. The van der Waals surface area contributed by atoms with Gasteiger partial charge in [-0.05, 0) is 30.8 Å². The highest BCUT2D eigenvalue weighted by Crippen LogP contribution is 2.43. The van der Waals surface area contributed by atoms with Crippen molar-refractivity contribution in [1.82, 2.24) is 5.32 Å². The summed E-state index contributed by atoms with van der Waals surface area (Å²) < 4.78 is 0. The molecule has 1 nitrogen and oxygen atoms in total. The fourth-order valence-electron chi connectivity index (χ4n) is 1.48. The molecule has 1 N–H and O–H groups in total. The number of rotatable bonds is 4. The normalized spacial score (nSPS) is 17.5. The van der Waals surface area contributed by atoms with Gasteiger partial charge < -0.3 is 5.32 Å². The van der Waals surface area contributed by atoms with Crippen molar-refractivity contribution >= 4 is 0 Å². The number of hydrogen-bond donors (Lipinski definition) is 1. The molecule has 0 aliphatic rings. The Morgan fingerprint density at radius 2 is 1.58 bits per heavy atom. The molecule has 0 amide bonds. The molecule has 0 saturated carbocycles. The van der Waals surface area contributed by atoms with E-state index in [2.05, 4.69) is 39.9 Å². The summed E-state index contributed by atoms with van der Waals surface area (Å²) in [5.41, 5.74) is 0.884. The third-order valence-corrected chi connectivity index (χ3v) is 3.52. The van der Waals surface area contributed by atoms with Gasteiger partial charge in [0, 0.05) is 0 Å². The third-order valence-electron chi connectivity index (χ3n) is 3.52. The van der Waals surface area contributed by atoms with Crippen LogP contribution >= 0.6 is 0 Å². The van der Waals surface area contributed by atoms with Crippen molar-refractivity contribution in [3.63, 3.8) is 0 Å². The molecule has 0 bridgehead atoms. The maximum atomic E-state index is 3.23. The van der Waals surface area contributed by atoms with Crippen LogP contribution in [0.4, 0.5) is 0 Å². The van der Waals surface area contributed by atoms with Gasteiger partial charge in [-0.25, -0.2) is 0 Å². The zero-order valence-electron chi connectivity index (χ0n) is 9.62. The summed E-state index contributed by atoms with van der Waals surface area (Å²) in [6, 6.07) is 0. The van der Waals surface area contributed by atoms with Crippen LogP contribution in [-0.2, 0) is 0 Å². The van der Waals surface area contributed by atoms with Crippen molar-refractivity contribution < 1.29 is 0 Å². The van der Waals surface area contributed by atoms with Crippen LogP contribution in [0.3, 0.4) is 0 Å². The van der Waals surface area contributed by atoms with E-state index >= 15 is 0 Å². The first kappa shape index (κ1) is 12.0. The molecule has 1 atom stereocenters. The molecule has 0 rings (SSSR count). The average molecular weight is 171 g/mol. The van der Waals surface area contributed by atoms with Crippen LogP contribution in [0.1, 0.15) is 47.5 Å². The quantitative estimate of drug-likeness (QED) is 0.685. The van der Waals surface area contributed by atoms with Crippen LogP contribution in [0, 0.1) is 10.8 Å². The predicted octanol–water partition coefficient (Wildman–Crippen LogP) is 3.06. The first-order valence-electron chi connectivity index (χ1n) is 5.02. The van der Waals surface area contributed by atoms with Crippen LogP contribution in [0.15, 0.2) is 0 Å². The van der Waals surface area contributed by atoms with Crippen LogP contribution in [0.5, 0.6) is 0 Å². The first-order valence-corrected chi connectivity index (χ1v) is 5.02. The van der Waals surface area contributed by atoms with Crippen LogP contribution in [0.25, 0.3) is 0 Å². The molecule has 0 spiro atoms. The van der Waals surface area contributed by atoms with Gasteiger partial charge in [0.2, 0.25) is 0 Å². The van der Waals surface area contributed by atoms with Gasteiger partial charge in [-0.15, -0.1) is 0 Å². The lowest BCUT2D eigenvalue weighted by Gasteiger charge is -2.41. The molecular formula is C11H25N. The van der Waals surface area contributed by atoms with Crippen LogP contribution in [0.2, 0.25) is 0 Å². The molecule has 1 unspecified atom stereocenters. The van der Waals surface area contributed by atoms with Gasteiger partial charge in [-0.3, -0.25) is 0 Å². The van der Waals surface area contributed by atoms with Gasteiger partial charge in [0.25, 0.3) is 0 Å². The first-order chi connectivity index (χ1) is 5.37. The Bertz CT molecular complexity index is 123. The molecule has 0 aromatic rings. The van der Waals surface area contributed by atoms with Crippen molar-refractivity contribution in [1.29, 1.82) is 0 Å². The molecule has 0 aliphatic carbocycles. The smallest absolute Gasteiger partial charge is 0.00465 e. The summed E-state index contributed by atoms with van der Waals surface area (Å²) in [5.74, 6) is 0. The van der Waals surface area contributed by atoms with Crippen LogP contribution in [-0.4, -0.2) is 13.6 Å². The van der Waals surface area contributed by atoms with E-state index in [0.29, 0.717) is 10.8 Å². The molecule has 74 valence electrons. The summed E-state index contributed by atoms with van der Waals surface area (Å²) >= 11 is 0. The number of hydrogen-bond acceptors (Lipinski definition) is 1. The van der Waals surface area contributed by atoms with E-state index in [9.17, 15) is 0 Å². The van der Waals surface area contributed by atoms with Gasteiger partial charge in [-0.2, -0.15) is 0 Å². The lowest BCUT2D eigenvalue weighted by atomic mass is 9.64. The summed E-state index contributed by atoms with van der Waals surface area (Å²) in [6.07, 6.45) is 2.53. The molecule has 0 heterocycles. The Hall–Kier alpha value is -0.0400.